The largest absolute Gasteiger partial charge is 0.370 e. The number of aryl methyl sites for hydroxylation is 1. The van der Waals surface area contributed by atoms with Gasteiger partial charge in [0.2, 0.25) is 0 Å². The summed E-state index contributed by atoms with van der Waals surface area (Å²) < 4.78 is 33.3. The minimum absolute atomic E-state index is 0.0387. The summed E-state index contributed by atoms with van der Waals surface area (Å²) in [6.45, 7) is 15.4. The van der Waals surface area contributed by atoms with Crippen LogP contribution in [-0.2, 0) is 35.4 Å². The average Bonchev–Trinajstić information content (AvgIpc) is 3.55. The van der Waals surface area contributed by atoms with Crippen LogP contribution in [0.5, 0.6) is 0 Å². The first-order chi connectivity index (χ1) is 22.6. The lowest BCUT2D eigenvalue weighted by molar-refractivity contribution is -0.848. The summed E-state index contributed by atoms with van der Waals surface area (Å²) in [5.74, 6) is -0.951. The highest BCUT2D eigenvalue weighted by Crippen LogP contribution is 2.51. The molecule has 4 atom stereocenters. The number of nitrogens with one attached hydrogen (secondary N) is 1. The lowest BCUT2D eigenvalue weighted by Gasteiger charge is -2.29. The van der Waals surface area contributed by atoms with Crippen LogP contribution in [0, 0.1) is 6.92 Å². The molecule has 0 saturated carbocycles. The van der Waals surface area contributed by atoms with Crippen molar-refractivity contribution >= 4 is 33.4 Å². The van der Waals surface area contributed by atoms with Crippen molar-refractivity contribution in [2.45, 2.75) is 94.7 Å². The Morgan fingerprint density at radius 1 is 1.12 bits per heavy atom. The van der Waals surface area contributed by atoms with Gasteiger partial charge in [-0.25, -0.2) is 4.79 Å². The van der Waals surface area contributed by atoms with Gasteiger partial charge in [-0.05, 0) is 83.4 Å². The zero-order valence-electron chi connectivity index (χ0n) is 28.3. The third kappa shape index (κ3) is 6.52. The Kier molecular flexibility index (Phi) is 9.90. The Balaban J connectivity index is 1.36. The van der Waals surface area contributed by atoms with Crippen LogP contribution in [0.2, 0.25) is 0 Å². The lowest BCUT2D eigenvalue weighted by atomic mass is 9.76. The number of carbonyl (C=O) groups excluding carboxylic acids is 2. The standard InChI is InChI=1S/C37H45N3O7S/c1-7-38-29-19-17-26(48(44,45)46)24-27(29)36(4,5)31(38)13-10-9-11-14-32-37(6,28-23-25(3)16-18-30(28)39(32)8-2)22-12-15-35(43)47-40-33(41)20-21-34(40)42/h8-11,13-14,16-19,23-24,31,33,41H,2,7,12,15,20-22H2,1,3-6H3,(H,44,45,46)/p+1/b11-9+,13-10+,32-14+. The van der Waals surface area contributed by atoms with Crippen molar-refractivity contribution in [1.29, 1.82) is 0 Å². The number of allylic oxidation sites excluding steroid dienone is 5. The minimum Gasteiger partial charge on any atom is -0.370 e. The van der Waals surface area contributed by atoms with Crippen molar-refractivity contribution in [3.8, 4) is 0 Å². The molecule has 1 saturated heterocycles. The summed E-state index contributed by atoms with van der Waals surface area (Å²) in [4.78, 5) is 33.0. The zero-order valence-corrected chi connectivity index (χ0v) is 29.1. The summed E-state index contributed by atoms with van der Waals surface area (Å²) in [5, 5.41) is 10.7. The van der Waals surface area contributed by atoms with Gasteiger partial charge >= 0.3 is 5.97 Å². The monoisotopic (exact) mass is 676 g/mol. The first kappa shape index (κ1) is 35.3. The van der Waals surface area contributed by atoms with Gasteiger partial charge in [0.05, 0.1) is 16.9 Å². The fourth-order valence-electron chi connectivity index (χ4n) is 7.48. The quantitative estimate of drug-likeness (QED) is 0.226. The molecule has 3 aliphatic rings. The maximum absolute atomic E-state index is 12.6. The van der Waals surface area contributed by atoms with E-state index in [1.165, 1.54) is 11.0 Å². The molecular formula is C37H46N3O7S+. The van der Waals surface area contributed by atoms with E-state index < -0.39 is 33.6 Å². The summed E-state index contributed by atoms with van der Waals surface area (Å²) in [6, 6.07) is 11.2. The molecule has 0 aliphatic carbocycles. The second-order valence-electron chi connectivity index (χ2n) is 13.5. The van der Waals surface area contributed by atoms with Crippen LogP contribution >= 0.6 is 0 Å². The van der Waals surface area contributed by atoms with E-state index in [0.29, 0.717) is 12.8 Å². The van der Waals surface area contributed by atoms with Gasteiger partial charge in [0.1, 0.15) is 11.7 Å². The van der Waals surface area contributed by atoms with Crippen molar-refractivity contribution in [3.05, 3.63) is 102 Å². The lowest BCUT2D eigenvalue weighted by Crippen LogP contribution is -3.10. The third-order valence-corrected chi connectivity index (χ3v) is 10.9. The highest BCUT2D eigenvalue weighted by Gasteiger charge is 2.48. The predicted molar refractivity (Wildman–Crippen MR) is 184 cm³/mol. The van der Waals surface area contributed by atoms with Crippen LogP contribution in [0.1, 0.15) is 76.5 Å². The van der Waals surface area contributed by atoms with E-state index in [4.69, 9.17) is 4.84 Å². The fourth-order valence-corrected chi connectivity index (χ4v) is 7.99. The van der Waals surface area contributed by atoms with Crippen LogP contribution in [0.3, 0.4) is 0 Å². The number of amides is 1. The van der Waals surface area contributed by atoms with E-state index in [1.807, 2.05) is 18.2 Å². The number of nitrogens with zero attached hydrogens (tertiary/aromatic N) is 2. The van der Waals surface area contributed by atoms with Crippen molar-refractivity contribution in [2.24, 2.45) is 0 Å². The smallest absolute Gasteiger partial charge is 0.332 e. The van der Waals surface area contributed by atoms with Crippen LogP contribution < -0.4 is 9.80 Å². The zero-order chi connectivity index (χ0) is 35.0. The Hall–Kier alpha value is -4.03. The molecule has 1 amide bonds. The van der Waals surface area contributed by atoms with Gasteiger partial charge < -0.3 is 14.8 Å². The first-order valence-electron chi connectivity index (χ1n) is 16.4. The number of aliphatic hydroxyl groups excluding tert-OH is 1. The number of likely N-dealkylation sites (N-methyl/N-ethyl adjacent to an activating group) is 1. The van der Waals surface area contributed by atoms with Gasteiger partial charge in [0, 0.05) is 53.9 Å². The molecule has 4 unspecified atom stereocenters. The van der Waals surface area contributed by atoms with Gasteiger partial charge in [-0.3, -0.25) is 14.2 Å². The number of anilines is 1. The first-order valence-corrected chi connectivity index (χ1v) is 17.8. The van der Waals surface area contributed by atoms with Crippen molar-refractivity contribution in [1.82, 2.24) is 5.06 Å². The number of aliphatic hydroxyl groups is 1. The molecule has 3 aliphatic heterocycles. The molecule has 2 aromatic carbocycles. The topological polar surface area (TPSA) is 129 Å². The summed E-state index contributed by atoms with van der Waals surface area (Å²) in [7, 11) is -4.31. The summed E-state index contributed by atoms with van der Waals surface area (Å²) >= 11 is 0. The average molecular weight is 677 g/mol. The molecule has 0 aromatic heterocycles. The summed E-state index contributed by atoms with van der Waals surface area (Å²) in [6.07, 6.45) is 12.5. The molecule has 48 heavy (non-hydrogen) atoms. The number of carbonyl (C=O) groups is 2. The number of benzene rings is 2. The molecule has 3 N–H and O–H groups in total. The highest BCUT2D eigenvalue weighted by molar-refractivity contribution is 7.85. The summed E-state index contributed by atoms with van der Waals surface area (Å²) in [5.41, 5.74) is 5.39. The number of hydroxylamine groups is 2. The number of quaternary nitrogens is 1. The fraction of sp³-hybridized carbons (Fsp3) is 0.405. The van der Waals surface area contributed by atoms with E-state index >= 15 is 0 Å². The normalized spacial score (nSPS) is 25.8. The van der Waals surface area contributed by atoms with Gasteiger partial charge in [-0.2, -0.15) is 8.42 Å². The van der Waals surface area contributed by atoms with Gasteiger partial charge in [0.15, 0.2) is 6.23 Å². The van der Waals surface area contributed by atoms with E-state index in [2.05, 4.69) is 76.4 Å². The van der Waals surface area contributed by atoms with Crippen LogP contribution in [0.25, 0.3) is 0 Å². The molecule has 0 bridgehead atoms. The van der Waals surface area contributed by atoms with Gasteiger partial charge in [-0.15, -0.1) is 5.06 Å². The maximum Gasteiger partial charge on any atom is 0.332 e. The predicted octanol–water partition coefficient (Wildman–Crippen LogP) is 4.92. The number of hydrogen-bond donors (Lipinski definition) is 3. The minimum atomic E-state index is -4.31. The molecule has 5 rings (SSSR count). The molecular weight excluding hydrogens is 630 g/mol. The Labute approximate surface area is 283 Å². The second kappa shape index (κ2) is 13.5. The third-order valence-electron chi connectivity index (χ3n) is 10.0. The Bertz CT molecular complexity index is 1810. The molecule has 11 heteroatoms. The number of hydrogen-bond acceptors (Lipinski definition) is 7. The molecule has 2 aromatic rings. The van der Waals surface area contributed by atoms with E-state index in [-0.39, 0.29) is 35.6 Å². The molecule has 10 nitrogen and oxygen atoms in total. The molecule has 0 spiro atoms. The van der Waals surface area contributed by atoms with E-state index in [0.717, 1.165) is 45.4 Å². The van der Waals surface area contributed by atoms with Crippen molar-refractivity contribution in [3.63, 3.8) is 0 Å². The Morgan fingerprint density at radius 3 is 2.52 bits per heavy atom. The molecule has 3 heterocycles. The van der Waals surface area contributed by atoms with Crippen molar-refractivity contribution < 1.29 is 37.4 Å². The SMILES string of the molecule is C=CN1/C(=C/C=C/C=C/C2[NH+](CC)c3ccc(S(=O)(=O)O)cc3C2(C)C)C(C)(CCCC(=O)ON2C(=O)CCC2O)c2cc(C)ccc21. The van der Waals surface area contributed by atoms with Crippen LogP contribution in [-0.4, -0.2) is 53.8 Å². The number of fused-ring (bicyclic) bond motifs is 2. The number of rotatable bonds is 11. The van der Waals surface area contributed by atoms with Gasteiger partial charge in [-0.1, -0.05) is 42.5 Å². The van der Waals surface area contributed by atoms with Crippen molar-refractivity contribution in [2.75, 3.05) is 11.4 Å². The van der Waals surface area contributed by atoms with Crippen LogP contribution in [0.15, 0.2) is 90.1 Å². The van der Waals surface area contributed by atoms with E-state index in [1.54, 1.807) is 18.3 Å². The van der Waals surface area contributed by atoms with Gasteiger partial charge in [0.25, 0.3) is 16.0 Å². The van der Waals surface area contributed by atoms with E-state index in [9.17, 15) is 27.7 Å². The molecule has 1 fully saturated rings. The van der Waals surface area contributed by atoms with Crippen LogP contribution in [0.4, 0.5) is 11.4 Å². The maximum atomic E-state index is 12.6. The highest BCUT2D eigenvalue weighted by atomic mass is 32.2. The second-order valence-corrected chi connectivity index (χ2v) is 15.0. The molecule has 0 radical (unpaired) electrons. The Morgan fingerprint density at radius 2 is 1.88 bits per heavy atom. The molecule has 256 valence electrons.